The molecule has 2 atom stereocenters. The Labute approximate surface area is 153 Å². The SMILES string of the molecule is COc1cc(C(=O)N(C)[C@H]2CCCC[C@H]2C(F)(F)F)cc(OC)c1Br. The van der Waals surface area contributed by atoms with Crippen molar-refractivity contribution < 1.29 is 27.4 Å². The van der Waals surface area contributed by atoms with E-state index in [1.165, 1.54) is 38.3 Å². The van der Waals surface area contributed by atoms with Gasteiger partial charge in [0, 0.05) is 18.7 Å². The van der Waals surface area contributed by atoms with E-state index in [0.717, 1.165) is 0 Å². The third-order valence-electron chi connectivity index (χ3n) is 4.66. The molecule has 140 valence electrons. The third kappa shape index (κ3) is 4.22. The van der Waals surface area contributed by atoms with Crippen molar-refractivity contribution in [1.82, 2.24) is 4.90 Å². The van der Waals surface area contributed by atoms with E-state index in [-0.39, 0.29) is 12.0 Å². The lowest BCUT2D eigenvalue weighted by Gasteiger charge is -2.38. The van der Waals surface area contributed by atoms with E-state index in [4.69, 9.17) is 9.47 Å². The Hall–Kier alpha value is -1.44. The highest BCUT2D eigenvalue weighted by molar-refractivity contribution is 9.10. The minimum Gasteiger partial charge on any atom is -0.495 e. The van der Waals surface area contributed by atoms with E-state index in [9.17, 15) is 18.0 Å². The van der Waals surface area contributed by atoms with Crippen LogP contribution in [0, 0.1) is 5.92 Å². The molecule has 8 heteroatoms. The molecule has 2 rings (SSSR count). The molecule has 1 saturated carbocycles. The number of rotatable bonds is 4. The van der Waals surface area contributed by atoms with Crippen LogP contribution in [0.5, 0.6) is 11.5 Å². The molecule has 0 radical (unpaired) electrons. The van der Waals surface area contributed by atoms with Gasteiger partial charge in [-0.05, 0) is 40.9 Å². The maximum absolute atomic E-state index is 13.3. The van der Waals surface area contributed by atoms with E-state index >= 15 is 0 Å². The monoisotopic (exact) mass is 423 g/mol. The van der Waals surface area contributed by atoms with Crippen molar-refractivity contribution in [2.75, 3.05) is 21.3 Å². The zero-order valence-electron chi connectivity index (χ0n) is 14.3. The van der Waals surface area contributed by atoms with Gasteiger partial charge in [0.05, 0.1) is 20.1 Å². The van der Waals surface area contributed by atoms with Crippen molar-refractivity contribution in [2.24, 2.45) is 5.92 Å². The highest BCUT2D eigenvalue weighted by atomic mass is 79.9. The number of ether oxygens (including phenoxy) is 2. The number of hydrogen-bond donors (Lipinski definition) is 0. The summed E-state index contributed by atoms with van der Waals surface area (Å²) < 4.78 is 50.9. The molecular formula is C17H21BrF3NO3. The number of carbonyl (C=O) groups is 1. The van der Waals surface area contributed by atoms with E-state index in [2.05, 4.69) is 15.9 Å². The molecule has 4 nitrogen and oxygen atoms in total. The summed E-state index contributed by atoms with van der Waals surface area (Å²) >= 11 is 3.31. The van der Waals surface area contributed by atoms with E-state index in [0.29, 0.717) is 35.2 Å². The molecule has 0 heterocycles. The molecule has 1 aromatic rings. The number of carbonyl (C=O) groups excluding carboxylic acids is 1. The number of methoxy groups -OCH3 is 2. The second-order valence-corrected chi connectivity index (χ2v) is 6.90. The largest absolute Gasteiger partial charge is 0.495 e. The number of halogens is 4. The van der Waals surface area contributed by atoms with Gasteiger partial charge in [-0.15, -0.1) is 0 Å². The van der Waals surface area contributed by atoms with Crippen molar-refractivity contribution >= 4 is 21.8 Å². The maximum atomic E-state index is 13.3. The van der Waals surface area contributed by atoms with Crippen LogP contribution in [0.1, 0.15) is 36.0 Å². The number of hydrogen-bond acceptors (Lipinski definition) is 3. The number of benzene rings is 1. The van der Waals surface area contributed by atoms with Gasteiger partial charge in [0.25, 0.3) is 5.91 Å². The minimum absolute atomic E-state index is 0.0543. The highest BCUT2D eigenvalue weighted by Crippen LogP contribution is 2.41. The Bertz CT molecular complexity index is 611. The number of alkyl halides is 3. The standard InChI is InChI=1S/C17H21BrF3NO3/c1-22(12-7-5-4-6-11(12)17(19,20)21)16(23)10-8-13(24-2)15(18)14(9-10)25-3/h8-9,11-12H,4-7H2,1-3H3/t11-,12+/m1/s1. The van der Waals surface area contributed by atoms with Crippen molar-refractivity contribution in [2.45, 2.75) is 37.9 Å². The molecule has 0 unspecified atom stereocenters. The van der Waals surface area contributed by atoms with Gasteiger partial charge in [-0.2, -0.15) is 13.2 Å². The van der Waals surface area contributed by atoms with Gasteiger partial charge in [0.15, 0.2) is 0 Å². The van der Waals surface area contributed by atoms with E-state index in [1.54, 1.807) is 0 Å². The molecule has 0 aliphatic heterocycles. The van der Waals surface area contributed by atoms with Crippen LogP contribution in [0.15, 0.2) is 16.6 Å². The van der Waals surface area contributed by atoms with Crippen LogP contribution in [-0.2, 0) is 0 Å². The van der Waals surface area contributed by atoms with Crippen molar-refractivity contribution in [3.8, 4) is 11.5 Å². The first-order chi connectivity index (χ1) is 11.7. The Balaban J connectivity index is 2.33. The first-order valence-electron chi connectivity index (χ1n) is 7.96. The van der Waals surface area contributed by atoms with Crippen molar-refractivity contribution in [1.29, 1.82) is 0 Å². The lowest BCUT2D eigenvalue weighted by atomic mass is 9.83. The third-order valence-corrected chi connectivity index (χ3v) is 5.44. The fourth-order valence-electron chi connectivity index (χ4n) is 3.30. The lowest BCUT2D eigenvalue weighted by molar-refractivity contribution is -0.195. The average molecular weight is 424 g/mol. The molecule has 1 aliphatic rings. The van der Waals surface area contributed by atoms with Gasteiger partial charge < -0.3 is 14.4 Å². The molecular weight excluding hydrogens is 403 g/mol. The second kappa shape index (κ2) is 7.85. The Morgan fingerprint density at radius 2 is 1.68 bits per heavy atom. The van der Waals surface area contributed by atoms with Crippen LogP contribution >= 0.6 is 15.9 Å². The molecule has 25 heavy (non-hydrogen) atoms. The normalized spacial score (nSPS) is 20.9. The van der Waals surface area contributed by atoms with E-state index in [1.807, 2.05) is 0 Å². The Kier molecular flexibility index (Phi) is 6.24. The zero-order chi connectivity index (χ0) is 18.8. The van der Waals surface area contributed by atoms with Gasteiger partial charge in [0.1, 0.15) is 16.0 Å². The Morgan fingerprint density at radius 3 is 2.16 bits per heavy atom. The molecule has 1 fully saturated rings. The summed E-state index contributed by atoms with van der Waals surface area (Å²) in [7, 11) is 4.31. The van der Waals surface area contributed by atoms with Gasteiger partial charge >= 0.3 is 6.18 Å². The van der Waals surface area contributed by atoms with Gasteiger partial charge in [0.2, 0.25) is 0 Å². The first-order valence-corrected chi connectivity index (χ1v) is 8.75. The predicted octanol–water partition coefficient (Wildman–Crippen LogP) is 4.66. The van der Waals surface area contributed by atoms with Crippen LogP contribution in [0.3, 0.4) is 0 Å². The van der Waals surface area contributed by atoms with Crippen LogP contribution in [0.4, 0.5) is 13.2 Å². The lowest BCUT2D eigenvalue weighted by Crippen LogP contribution is -2.48. The summed E-state index contributed by atoms with van der Waals surface area (Å²) in [5.74, 6) is -1.21. The molecule has 0 saturated heterocycles. The summed E-state index contributed by atoms with van der Waals surface area (Å²) in [5, 5.41) is 0. The smallest absolute Gasteiger partial charge is 0.393 e. The molecule has 0 aromatic heterocycles. The van der Waals surface area contributed by atoms with Gasteiger partial charge in [-0.25, -0.2) is 0 Å². The van der Waals surface area contributed by atoms with Gasteiger partial charge in [-0.3, -0.25) is 4.79 Å². The molecule has 0 bridgehead atoms. The quantitative estimate of drug-likeness (QED) is 0.706. The van der Waals surface area contributed by atoms with Crippen molar-refractivity contribution in [3.05, 3.63) is 22.2 Å². The topological polar surface area (TPSA) is 38.8 Å². The average Bonchev–Trinajstić information content (AvgIpc) is 2.60. The molecule has 0 spiro atoms. The van der Waals surface area contributed by atoms with Gasteiger partial charge in [-0.1, -0.05) is 12.8 Å². The zero-order valence-corrected chi connectivity index (χ0v) is 15.9. The molecule has 1 aliphatic carbocycles. The summed E-state index contributed by atoms with van der Waals surface area (Å²) in [4.78, 5) is 14.0. The summed E-state index contributed by atoms with van der Waals surface area (Å²) in [5.41, 5.74) is 0.228. The number of amides is 1. The maximum Gasteiger partial charge on any atom is 0.393 e. The fraction of sp³-hybridized carbons (Fsp3) is 0.588. The predicted molar refractivity (Wildman–Crippen MR) is 91.1 cm³/mol. The summed E-state index contributed by atoms with van der Waals surface area (Å²) in [6.07, 6.45) is -2.70. The van der Waals surface area contributed by atoms with Crippen LogP contribution in [0.2, 0.25) is 0 Å². The highest BCUT2D eigenvalue weighted by Gasteiger charge is 2.47. The molecule has 1 amide bonds. The van der Waals surface area contributed by atoms with Crippen LogP contribution in [0.25, 0.3) is 0 Å². The number of nitrogens with zero attached hydrogens (tertiary/aromatic N) is 1. The van der Waals surface area contributed by atoms with E-state index < -0.39 is 24.0 Å². The molecule has 0 N–H and O–H groups in total. The van der Waals surface area contributed by atoms with Crippen molar-refractivity contribution in [3.63, 3.8) is 0 Å². The molecule has 1 aromatic carbocycles. The fourth-order valence-corrected chi connectivity index (χ4v) is 3.86. The summed E-state index contributed by atoms with van der Waals surface area (Å²) in [6.45, 7) is 0. The Morgan fingerprint density at radius 1 is 1.16 bits per heavy atom. The summed E-state index contributed by atoms with van der Waals surface area (Å²) in [6, 6.07) is 2.13. The minimum atomic E-state index is -4.31. The second-order valence-electron chi connectivity index (χ2n) is 6.11. The van der Waals surface area contributed by atoms with Crippen LogP contribution < -0.4 is 9.47 Å². The first kappa shape index (κ1) is 19.9. The van der Waals surface area contributed by atoms with Crippen LogP contribution in [-0.4, -0.2) is 44.3 Å².